The predicted molar refractivity (Wildman–Crippen MR) is 121 cm³/mol. The number of ether oxygens (including phenoxy) is 3. The topological polar surface area (TPSA) is 102 Å². The van der Waals surface area contributed by atoms with Crippen molar-refractivity contribution in [1.29, 1.82) is 0 Å². The van der Waals surface area contributed by atoms with E-state index < -0.39 is 5.91 Å². The van der Waals surface area contributed by atoms with E-state index in [4.69, 9.17) is 19.4 Å². The van der Waals surface area contributed by atoms with Crippen LogP contribution in [0.15, 0.2) is 72.6 Å². The van der Waals surface area contributed by atoms with Gasteiger partial charge in [-0.05, 0) is 47.5 Å². The highest BCUT2D eigenvalue weighted by molar-refractivity contribution is 5.93. The molecule has 2 aromatic carbocycles. The van der Waals surface area contributed by atoms with Gasteiger partial charge in [0.25, 0.3) is 5.91 Å². The van der Waals surface area contributed by atoms with Gasteiger partial charge in [0.1, 0.15) is 6.61 Å². The fraction of sp³-hybridized carbons (Fsp3) is 0.167. The smallest absolute Gasteiger partial charge is 0.274 e. The molecule has 0 atom stereocenters. The number of anilines is 1. The number of aromatic nitrogens is 1. The van der Waals surface area contributed by atoms with Gasteiger partial charge in [0.05, 0.1) is 19.9 Å². The van der Waals surface area contributed by atoms with Crippen LogP contribution in [0.3, 0.4) is 0 Å². The van der Waals surface area contributed by atoms with Crippen LogP contribution in [0.4, 0.5) is 5.69 Å². The van der Waals surface area contributed by atoms with Crippen LogP contribution in [0.5, 0.6) is 17.2 Å². The number of para-hydroxylation sites is 1. The third-order valence-corrected chi connectivity index (χ3v) is 4.61. The second-order valence-corrected chi connectivity index (χ2v) is 6.74. The Balaban J connectivity index is 1.80. The van der Waals surface area contributed by atoms with Crippen LogP contribution in [0, 0.1) is 0 Å². The standard InChI is InChI=1S/C24H25N3O5/c1-30-21-6-3-7-22(23(21)31-2)32-16-18(14-26-20-5-4-12-25-15-20)13-17-8-10-19(11-9-17)24(28)27-29/h3-13,15,26,29H,14,16H2,1-2H3,(H,27,28). The summed E-state index contributed by atoms with van der Waals surface area (Å²) in [5, 5.41) is 12.1. The molecule has 1 heterocycles. The number of nitrogens with zero attached hydrogens (tertiary/aromatic N) is 1. The van der Waals surface area contributed by atoms with E-state index in [2.05, 4.69) is 10.3 Å². The van der Waals surface area contributed by atoms with E-state index in [1.807, 2.05) is 30.3 Å². The molecule has 0 aliphatic carbocycles. The summed E-state index contributed by atoms with van der Waals surface area (Å²) in [4.78, 5) is 15.7. The van der Waals surface area contributed by atoms with Crippen molar-refractivity contribution >= 4 is 17.7 Å². The van der Waals surface area contributed by atoms with Crippen LogP contribution in [0.25, 0.3) is 6.08 Å². The molecular weight excluding hydrogens is 410 g/mol. The Kier molecular flexibility index (Phi) is 8.05. The first-order valence-corrected chi connectivity index (χ1v) is 9.86. The molecule has 0 spiro atoms. The molecule has 0 saturated heterocycles. The van der Waals surface area contributed by atoms with Gasteiger partial charge < -0.3 is 19.5 Å². The molecule has 0 unspecified atom stereocenters. The SMILES string of the molecule is COc1cccc(OCC(=Cc2ccc(C(=O)NO)cc2)CNc2cccnc2)c1OC. The Morgan fingerprint density at radius 1 is 1.03 bits per heavy atom. The van der Waals surface area contributed by atoms with Gasteiger partial charge in [-0.15, -0.1) is 0 Å². The second-order valence-electron chi connectivity index (χ2n) is 6.74. The fourth-order valence-corrected chi connectivity index (χ4v) is 3.00. The highest BCUT2D eigenvalue weighted by Crippen LogP contribution is 2.36. The minimum atomic E-state index is -0.563. The lowest BCUT2D eigenvalue weighted by molar-refractivity contribution is 0.0706. The summed E-state index contributed by atoms with van der Waals surface area (Å²) in [6.45, 7) is 0.798. The van der Waals surface area contributed by atoms with Gasteiger partial charge in [-0.2, -0.15) is 0 Å². The zero-order valence-corrected chi connectivity index (χ0v) is 17.9. The van der Waals surface area contributed by atoms with E-state index in [0.29, 0.717) is 29.4 Å². The number of carbonyl (C=O) groups is 1. The molecule has 1 amide bonds. The summed E-state index contributed by atoms with van der Waals surface area (Å²) in [7, 11) is 3.14. The molecule has 0 fully saturated rings. The first-order valence-electron chi connectivity index (χ1n) is 9.86. The van der Waals surface area contributed by atoms with Gasteiger partial charge in [0, 0.05) is 24.5 Å². The molecule has 32 heavy (non-hydrogen) atoms. The molecule has 8 heteroatoms. The van der Waals surface area contributed by atoms with Crippen LogP contribution in [0.2, 0.25) is 0 Å². The lowest BCUT2D eigenvalue weighted by Gasteiger charge is -2.16. The summed E-state index contributed by atoms with van der Waals surface area (Å²) in [5.74, 6) is 1.11. The monoisotopic (exact) mass is 435 g/mol. The first-order chi connectivity index (χ1) is 15.6. The second kappa shape index (κ2) is 11.4. The van der Waals surface area contributed by atoms with Crippen LogP contribution in [-0.2, 0) is 0 Å². The van der Waals surface area contributed by atoms with Crippen molar-refractivity contribution in [1.82, 2.24) is 10.5 Å². The van der Waals surface area contributed by atoms with Gasteiger partial charge in [-0.1, -0.05) is 24.3 Å². The largest absolute Gasteiger partial charge is 0.493 e. The molecule has 3 rings (SSSR count). The third-order valence-electron chi connectivity index (χ3n) is 4.61. The highest BCUT2D eigenvalue weighted by atomic mass is 16.5. The molecule has 1 aromatic heterocycles. The van der Waals surface area contributed by atoms with Crippen molar-refractivity contribution < 1.29 is 24.2 Å². The van der Waals surface area contributed by atoms with Gasteiger partial charge in [0.15, 0.2) is 11.5 Å². The van der Waals surface area contributed by atoms with E-state index in [9.17, 15) is 4.79 Å². The van der Waals surface area contributed by atoms with E-state index in [1.54, 1.807) is 62.4 Å². The quantitative estimate of drug-likeness (QED) is 0.329. The maximum Gasteiger partial charge on any atom is 0.274 e. The third kappa shape index (κ3) is 5.99. The Morgan fingerprint density at radius 3 is 2.47 bits per heavy atom. The molecule has 0 bridgehead atoms. The Bertz CT molecular complexity index is 1050. The zero-order valence-electron chi connectivity index (χ0n) is 17.9. The van der Waals surface area contributed by atoms with Crippen LogP contribution in [-0.4, -0.2) is 43.5 Å². The maximum absolute atomic E-state index is 11.5. The van der Waals surface area contributed by atoms with Crippen molar-refractivity contribution in [3.05, 3.63) is 83.7 Å². The molecular formula is C24H25N3O5. The average Bonchev–Trinajstić information content (AvgIpc) is 2.85. The van der Waals surface area contributed by atoms with Crippen molar-refractivity contribution in [2.45, 2.75) is 0 Å². The number of hydrogen-bond donors (Lipinski definition) is 3. The fourth-order valence-electron chi connectivity index (χ4n) is 3.00. The molecule has 8 nitrogen and oxygen atoms in total. The minimum absolute atomic E-state index is 0.287. The summed E-state index contributed by atoms with van der Waals surface area (Å²) >= 11 is 0. The summed E-state index contributed by atoms with van der Waals surface area (Å²) in [6.07, 6.45) is 5.42. The number of benzene rings is 2. The minimum Gasteiger partial charge on any atom is -0.493 e. The molecule has 0 aliphatic heterocycles. The van der Waals surface area contributed by atoms with E-state index in [0.717, 1.165) is 16.8 Å². The average molecular weight is 435 g/mol. The van der Waals surface area contributed by atoms with Gasteiger partial charge >= 0.3 is 0 Å². The molecule has 3 aromatic rings. The van der Waals surface area contributed by atoms with Crippen molar-refractivity contribution in [3.63, 3.8) is 0 Å². The number of hydrogen-bond acceptors (Lipinski definition) is 7. The van der Waals surface area contributed by atoms with Crippen LogP contribution in [0.1, 0.15) is 15.9 Å². The van der Waals surface area contributed by atoms with Crippen LogP contribution >= 0.6 is 0 Å². The predicted octanol–water partition coefficient (Wildman–Crippen LogP) is 3.79. The summed E-state index contributed by atoms with van der Waals surface area (Å²) < 4.78 is 16.8. The molecule has 0 radical (unpaired) electrons. The van der Waals surface area contributed by atoms with Gasteiger partial charge in [0.2, 0.25) is 5.75 Å². The summed E-state index contributed by atoms with van der Waals surface area (Å²) in [5.41, 5.74) is 4.69. The normalized spacial score (nSPS) is 10.9. The number of pyridine rings is 1. The Morgan fingerprint density at radius 2 is 1.81 bits per heavy atom. The van der Waals surface area contributed by atoms with Gasteiger partial charge in [-0.3, -0.25) is 15.0 Å². The molecule has 166 valence electrons. The van der Waals surface area contributed by atoms with E-state index >= 15 is 0 Å². The lowest BCUT2D eigenvalue weighted by atomic mass is 10.1. The molecule has 0 saturated carbocycles. The van der Waals surface area contributed by atoms with Crippen molar-refractivity contribution in [3.8, 4) is 17.2 Å². The number of methoxy groups -OCH3 is 2. The van der Waals surface area contributed by atoms with Crippen LogP contribution < -0.4 is 25.0 Å². The molecule has 0 aliphatic rings. The summed E-state index contributed by atoms with van der Waals surface area (Å²) in [6, 6.07) is 16.1. The van der Waals surface area contributed by atoms with Crippen molar-refractivity contribution in [2.24, 2.45) is 0 Å². The number of rotatable bonds is 10. The number of hydroxylamine groups is 1. The number of amides is 1. The first kappa shape index (κ1) is 22.6. The van der Waals surface area contributed by atoms with E-state index in [1.165, 1.54) is 0 Å². The number of carbonyl (C=O) groups excluding carboxylic acids is 1. The Labute approximate surface area is 186 Å². The highest BCUT2D eigenvalue weighted by Gasteiger charge is 2.12. The van der Waals surface area contributed by atoms with Gasteiger partial charge in [-0.25, -0.2) is 5.48 Å². The van der Waals surface area contributed by atoms with E-state index in [-0.39, 0.29) is 6.61 Å². The Hall–Kier alpha value is -4.04. The lowest BCUT2D eigenvalue weighted by Crippen LogP contribution is -2.18. The maximum atomic E-state index is 11.5. The number of nitrogens with one attached hydrogen (secondary N) is 2. The zero-order chi connectivity index (χ0) is 22.8. The van der Waals surface area contributed by atoms with Crippen molar-refractivity contribution in [2.75, 3.05) is 32.7 Å². The molecule has 3 N–H and O–H groups in total.